The van der Waals surface area contributed by atoms with Gasteiger partial charge in [-0.15, -0.1) is 0 Å². The zero-order valence-electron chi connectivity index (χ0n) is 13.6. The van der Waals surface area contributed by atoms with Crippen LogP contribution in [0.2, 0.25) is 10.0 Å². The molecule has 0 bridgehead atoms. The van der Waals surface area contributed by atoms with Crippen LogP contribution in [-0.4, -0.2) is 11.0 Å². The maximum Gasteiger partial charge on any atom is 0.259 e. The van der Waals surface area contributed by atoms with Crippen LogP contribution in [0.25, 0.3) is 0 Å². The van der Waals surface area contributed by atoms with Gasteiger partial charge in [0.25, 0.3) is 5.91 Å². The number of phenolic OH excluding ortho intramolecular Hbond substituents is 1. The fraction of sp³-hybridized carbons (Fsp3) is 0.0500. The zero-order chi connectivity index (χ0) is 18.5. The predicted molar refractivity (Wildman–Crippen MR) is 103 cm³/mol. The van der Waals surface area contributed by atoms with Crippen molar-refractivity contribution in [3.05, 3.63) is 87.9 Å². The summed E-state index contributed by atoms with van der Waals surface area (Å²) in [5.41, 5.74) is 1.59. The molecule has 4 nitrogen and oxygen atoms in total. The van der Waals surface area contributed by atoms with E-state index < -0.39 is 5.91 Å². The lowest BCUT2D eigenvalue weighted by Gasteiger charge is -2.11. The number of benzene rings is 3. The van der Waals surface area contributed by atoms with Gasteiger partial charge in [-0.05, 0) is 42.0 Å². The molecular formula is C20H15Cl2NO3. The minimum Gasteiger partial charge on any atom is -0.507 e. The van der Waals surface area contributed by atoms with Gasteiger partial charge in [-0.25, -0.2) is 0 Å². The van der Waals surface area contributed by atoms with E-state index in [9.17, 15) is 9.90 Å². The molecule has 0 spiro atoms. The largest absolute Gasteiger partial charge is 0.507 e. The van der Waals surface area contributed by atoms with Crippen molar-refractivity contribution in [1.29, 1.82) is 0 Å². The molecule has 3 rings (SSSR count). The number of ether oxygens (including phenoxy) is 1. The molecule has 1 amide bonds. The number of halogens is 2. The Morgan fingerprint density at radius 1 is 1.00 bits per heavy atom. The molecule has 3 aromatic carbocycles. The minimum absolute atomic E-state index is 0.0815. The summed E-state index contributed by atoms with van der Waals surface area (Å²) in [4.78, 5) is 12.3. The number of rotatable bonds is 5. The number of nitrogens with one attached hydrogen (secondary N) is 1. The maximum absolute atomic E-state index is 12.3. The first kappa shape index (κ1) is 18.1. The van der Waals surface area contributed by atoms with Gasteiger partial charge in [0.05, 0.1) is 10.6 Å². The molecule has 132 valence electrons. The molecule has 0 saturated heterocycles. The Hall–Kier alpha value is -2.69. The quantitative estimate of drug-likeness (QED) is 0.604. The van der Waals surface area contributed by atoms with Crippen LogP contribution in [0.5, 0.6) is 11.5 Å². The molecule has 0 aliphatic carbocycles. The number of anilines is 1. The number of amides is 1. The van der Waals surface area contributed by atoms with E-state index in [1.807, 2.05) is 30.3 Å². The van der Waals surface area contributed by atoms with Gasteiger partial charge in [-0.3, -0.25) is 4.79 Å². The Bertz CT molecular complexity index is 930. The van der Waals surface area contributed by atoms with Gasteiger partial charge >= 0.3 is 0 Å². The second kappa shape index (κ2) is 8.13. The van der Waals surface area contributed by atoms with Gasteiger partial charge in [-0.2, -0.15) is 0 Å². The highest BCUT2D eigenvalue weighted by molar-refractivity contribution is 6.32. The van der Waals surface area contributed by atoms with Crippen molar-refractivity contribution >= 4 is 34.8 Å². The van der Waals surface area contributed by atoms with E-state index in [0.717, 1.165) is 5.56 Å². The lowest BCUT2D eigenvalue weighted by atomic mass is 10.2. The number of carbonyl (C=O) groups excluding carboxylic acids is 1. The Balaban J connectivity index is 1.69. The highest BCUT2D eigenvalue weighted by atomic mass is 35.5. The van der Waals surface area contributed by atoms with E-state index in [1.54, 1.807) is 18.2 Å². The van der Waals surface area contributed by atoms with Crippen molar-refractivity contribution in [1.82, 2.24) is 0 Å². The van der Waals surface area contributed by atoms with E-state index in [0.29, 0.717) is 28.1 Å². The monoisotopic (exact) mass is 387 g/mol. The number of hydrogen-bond donors (Lipinski definition) is 2. The molecule has 0 saturated carbocycles. The van der Waals surface area contributed by atoms with Crippen molar-refractivity contribution in [3.8, 4) is 11.5 Å². The van der Waals surface area contributed by atoms with Crippen LogP contribution in [0.3, 0.4) is 0 Å². The molecular weight excluding hydrogens is 373 g/mol. The van der Waals surface area contributed by atoms with Crippen LogP contribution >= 0.6 is 23.2 Å². The SMILES string of the molecule is O=C(Nc1ccc(OCc2ccccc2)c(Cl)c1)c1cc(Cl)ccc1O. The van der Waals surface area contributed by atoms with Gasteiger partial charge < -0.3 is 15.2 Å². The first-order chi connectivity index (χ1) is 12.5. The molecule has 3 aromatic rings. The van der Waals surface area contributed by atoms with Crippen LogP contribution in [-0.2, 0) is 6.61 Å². The van der Waals surface area contributed by atoms with Gasteiger partial charge in [-0.1, -0.05) is 53.5 Å². The lowest BCUT2D eigenvalue weighted by Crippen LogP contribution is -2.12. The van der Waals surface area contributed by atoms with E-state index in [2.05, 4.69) is 5.32 Å². The van der Waals surface area contributed by atoms with Crippen molar-refractivity contribution in [2.75, 3.05) is 5.32 Å². The third-order valence-corrected chi connectivity index (χ3v) is 4.16. The highest BCUT2D eigenvalue weighted by Gasteiger charge is 2.13. The molecule has 26 heavy (non-hydrogen) atoms. The van der Waals surface area contributed by atoms with Gasteiger partial charge in [0, 0.05) is 10.7 Å². The summed E-state index contributed by atoms with van der Waals surface area (Å²) in [6.07, 6.45) is 0. The number of aromatic hydroxyl groups is 1. The van der Waals surface area contributed by atoms with E-state index in [4.69, 9.17) is 27.9 Å². The third-order valence-electron chi connectivity index (χ3n) is 3.63. The first-order valence-electron chi connectivity index (χ1n) is 7.79. The lowest BCUT2D eigenvalue weighted by molar-refractivity contribution is 0.102. The molecule has 0 fully saturated rings. The van der Waals surface area contributed by atoms with Crippen LogP contribution in [0.4, 0.5) is 5.69 Å². The van der Waals surface area contributed by atoms with Crippen LogP contribution in [0.15, 0.2) is 66.7 Å². The fourth-order valence-corrected chi connectivity index (χ4v) is 2.73. The van der Waals surface area contributed by atoms with Gasteiger partial charge in [0.2, 0.25) is 0 Å². The summed E-state index contributed by atoms with van der Waals surface area (Å²) >= 11 is 12.1. The summed E-state index contributed by atoms with van der Waals surface area (Å²) in [7, 11) is 0. The Kier molecular flexibility index (Phi) is 5.66. The number of hydrogen-bond acceptors (Lipinski definition) is 3. The smallest absolute Gasteiger partial charge is 0.259 e. The molecule has 0 radical (unpaired) electrons. The maximum atomic E-state index is 12.3. The normalized spacial score (nSPS) is 10.4. The molecule has 0 aliphatic heterocycles. The highest BCUT2D eigenvalue weighted by Crippen LogP contribution is 2.29. The Morgan fingerprint density at radius 3 is 2.50 bits per heavy atom. The van der Waals surface area contributed by atoms with Crippen molar-refractivity contribution < 1.29 is 14.6 Å². The summed E-state index contributed by atoms with van der Waals surface area (Å²) in [6, 6.07) is 18.9. The van der Waals surface area contributed by atoms with Crippen LogP contribution in [0, 0.1) is 0 Å². The molecule has 0 aliphatic rings. The summed E-state index contributed by atoms with van der Waals surface area (Å²) in [6.45, 7) is 0.392. The molecule has 2 N–H and O–H groups in total. The summed E-state index contributed by atoms with van der Waals surface area (Å²) in [5.74, 6) is -0.126. The second-order valence-electron chi connectivity index (χ2n) is 5.54. The topological polar surface area (TPSA) is 58.6 Å². The fourth-order valence-electron chi connectivity index (χ4n) is 2.32. The molecule has 0 aromatic heterocycles. The third kappa shape index (κ3) is 4.48. The molecule has 6 heteroatoms. The van der Waals surface area contributed by atoms with E-state index >= 15 is 0 Å². The molecule has 0 unspecified atom stereocenters. The zero-order valence-corrected chi connectivity index (χ0v) is 15.1. The van der Waals surface area contributed by atoms with Gasteiger partial charge in [0.1, 0.15) is 18.1 Å². The average molecular weight is 388 g/mol. The van der Waals surface area contributed by atoms with Crippen molar-refractivity contribution in [3.63, 3.8) is 0 Å². The molecule has 0 atom stereocenters. The van der Waals surface area contributed by atoms with Crippen molar-refractivity contribution in [2.45, 2.75) is 6.61 Å². The van der Waals surface area contributed by atoms with E-state index in [1.165, 1.54) is 18.2 Å². The number of phenols is 1. The van der Waals surface area contributed by atoms with Crippen LogP contribution in [0.1, 0.15) is 15.9 Å². The standard InChI is InChI=1S/C20H15Cl2NO3/c21-14-6-8-18(24)16(10-14)20(25)23-15-7-9-19(17(22)11-15)26-12-13-4-2-1-3-5-13/h1-11,24H,12H2,(H,23,25). The van der Waals surface area contributed by atoms with Crippen molar-refractivity contribution in [2.24, 2.45) is 0 Å². The van der Waals surface area contributed by atoms with Crippen LogP contribution < -0.4 is 10.1 Å². The summed E-state index contributed by atoms with van der Waals surface area (Å²) < 4.78 is 5.70. The number of carbonyl (C=O) groups is 1. The van der Waals surface area contributed by atoms with Gasteiger partial charge in [0.15, 0.2) is 0 Å². The van der Waals surface area contributed by atoms with E-state index in [-0.39, 0.29) is 11.3 Å². The Labute approximate surface area is 161 Å². The first-order valence-corrected chi connectivity index (χ1v) is 8.54. The predicted octanol–water partition coefficient (Wildman–Crippen LogP) is 5.53. The summed E-state index contributed by atoms with van der Waals surface area (Å²) in [5, 5.41) is 13.2. The molecule has 0 heterocycles. The second-order valence-corrected chi connectivity index (χ2v) is 6.38. The average Bonchev–Trinajstić information content (AvgIpc) is 2.64. The minimum atomic E-state index is -0.487. The Morgan fingerprint density at radius 2 is 1.77 bits per heavy atom.